The second-order valence-corrected chi connectivity index (χ2v) is 5.12. The lowest BCUT2D eigenvalue weighted by atomic mass is 9.89. The Morgan fingerprint density at radius 2 is 1.88 bits per heavy atom. The zero-order valence-electron chi connectivity index (χ0n) is 10.6. The van der Waals surface area contributed by atoms with E-state index in [0.29, 0.717) is 0 Å². The van der Waals surface area contributed by atoms with Crippen LogP contribution in [-0.2, 0) is 0 Å². The summed E-state index contributed by atoms with van der Waals surface area (Å²) in [5, 5.41) is 0. The van der Waals surface area contributed by atoms with Crippen LogP contribution in [0.3, 0.4) is 0 Å². The Morgan fingerprint density at radius 1 is 1.29 bits per heavy atom. The molecule has 0 aromatic carbocycles. The van der Waals surface area contributed by atoms with E-state index in [1.54, 1.807) is 6.33 Å². The summed E-state index contributed by atoms with van der Waals surface area (Å²) in [6, 6.07) is 0.0433. The molecule has 17 heavy (non-hydrogen) atoms. The fraction of sp³-hybridized carbons (Fsp3) is 0.667. The number of likely N-dealkylation sites (tertiary alicyclic amines) is 1. The number of nitrogens with one attached hydrogen (secondary N) is 1. The Balaban J connectivity index is 2.22. The number of hydrogen-bond donors (Lipinski definition) is 2. The van der Waals surface area contributed by atoms with Crippen LogP contribution in [0.4, 0.5) is 0 Å². The molecule has 1 atom stereocenters. The van der Waals surface area contributed by atoms with E-state index in [-0.39, 0.29) is 11.6 Å². The van der Waals surface area contributed by atoms with E-state index in [4.69, 9.17) is 5.84 Å². The van der Waals surface area contributed by atoms with Crippen LogP contribution in [0.15, 0.2) is 18.7 Å². The van der Waals surface area contributed by atoms with E-state index in [0.717, 1.165) is 18.7 Å². The van der Waals surface area contributed by atoms with E-state index in [1.165, 1.54) is 12.8 Å². The molecule has 1 saturated heterocycles. The van der Waals surface area contributed by atoms with Crippen molar-refractivity contribution in [1.82, 2.24) is 20.3 Å². The number of aromatic nitrogens is 2. The molecule has 0 aliphatic carbocycles. The van der Waals surface area contributed by atoms with Gasteiger partial charge in [-0.2, -0.15) is 0 Å². The standard InChI is InChI=1S/C12H21N5/c1-12(2,17-5-3-4-6-17)11(16-13)10-7-14-9-15-8-10/h7-9,11,16H,3-6,13H2,1-2H3. The lowest BCUT2D eigenvalue weighted by molar-refractivity contribution is 0.106. The second-order valence-electron chi connectivity index (χ2n) is 5.12. The van der Waals surface area contributed by atoms with Crippen molar-refractivity contribution < 1.29 is 0 Å². The average molecular weight is 235 g/mol. The summed E-state index contributed by atoms with van der Waals surface area (Å²) in [5.74, 6) is 5.73. The van der Waals surface area contributed by atoms with Crippen LogP contribution in [0.25, 0.3) is 0 Å². The Morgan fingerprint density at radius 3 is 2.41 bits per heavy atom. The van der Waals surface area contributed by atoms with Gasteiger partial charge in [0.2, 0.25) is 0 Å². The van der Waals surface area contributed by atoms with Crippen LogP contribution in [0, 0.1) is 0 Å². The Kier molecular flexibility index (Phi) is 3.71. The molecule has 0 radical (unpaired) electrons. The molecule has 2 heterocycles. The Hall–Kier alpha value is -1.04. The topological polar surface area (TPSA) is 67.1 Å². The van der Waals surface area contributed by atoms with Crippen LogP contribution in [0.1, 0.15) is 38.3 Å². The zero-order valence-corrected chi connectivity index (χ0v) is 10.6. The number of nitrogens with zero attached hydrogens (tertiary/aromatic N) is 3. The summed E-state index contributed by atoms with van der Waals surface area (Å²) in [6.07, 6.45) is 7.74. The van der Waals surface area contributed by atoms with Crippen molar-refractivity contribution in [1.29, 1.82) is 0 Å². The maximum absolute atomic E-state index is 5.73. The maximum atomic E-state index is 5.73. The quantitative estimate of drug-likeness (QED) is 0.598. The first-order valence-electron chi connectivity index (χ1n) is 6.12. The average Bonchev–Trinajstić information content (AvgIpc) is 2.85. The zero-order chi connectivity index (χ0) is 12.3. The van der Waals surface area contributed by atoms with Crippen molar-refractivity contribution >= 4 is 0 Å². The molecule has 1 aromatic rings. The van der Waals surface area contributed by atoms with E-state index >= 15 is 0 Å². The van der Waals surface area contributed by atoms with Gasteiger partial charge in [0, 0.05) is 23.5 Å². The molecule has 0 spiro atoms. The molecule has 1 aliphatic heterocycles. The van der Waals surface area contributed by atoms with Crippen LogP contribution < -0.4 is 11.3 Å². The smallest absolute Gasteiger partial charge is 0.115 e. The molecule has 1 aromatic heterocycles. The summed E-state index contributed by atoms with van der Waals surface area (Å²) in [4.78, 5) is 10.6. The summed E-state index contributed by atoms with van der Waals surface area (Å²) < 4.78 is 0. The minimum absolute atomic E-state index is 0.0318. The molecule has 94 valence electrons. The highest BCUT2D eigenvalue weighted by atomic mass is 15.3. The van der Waals surface area contributed by atoms with Gasteiger partial charge in [-0.15, -0.1) is 0 Å². The van der Waals surface area contributed by atoms with Gasteiger partial charge in [-0.05, 0) is 39.8 Å². The number of rotatable bonds is 4. The van der Waals surface area contributed by atoms with Gasteiger partial charge in [0.1, 0.15) is 6.33 Å². The van der Waals surface area contributed by atoms with Gasteiger partial charge in [-0.3, -0.25) is 16.2 Å². The molecule has 1 fully saturated rings. The predicted octanol–water partition coefficient (Wildman–Crippen LogP) is 0.855. The fourth-order valence-corrected chi connectivity index (χ4v) is 2.64. The van der Waals surface area contributed by atoms with Gasteiger partial charge in [0.25, 0.3) is 0 Å². The van der Waals surface area contributed by atoms with E-state index < -0.39 is 0 Å². The van der Waals surface area contributed by atoms with Gasteiger partial charge in [-0.1, -0.05) is 0 Å². The minimum atomic E-state index is -0.0318. The normalized spacial score (nSPS) is 19.5. The van der Waals surface area contributed by atoms with Crippen molar-refractivity contribution in [2.75, 3.05) is 13.1 Å². The van der Waals surface area contributed by atoms with Crippen molar-refractivity contribution in [3.8, 4) is 0 Å². The van der Waals surface area contributed by atoms with Gasteiger partial charge >= 0.3 is 0 Å². The maximum Gasteiger partial charge on any atom is 0.115 e. The molecular formula is C12H21N5. The van der Waals surface area contributed by atoms with Crippen molar-refractivity contribution in [2.24, 2.45) is 5.84 Å². The highest BCUT2D eigenvalue weighted by molar-refractivity contribution is 5.15. The van der Waals surface area contributed by atoms with Crippen LogP contribution in [0.2, 0.25) is 0 Å². The van der Waals surface area contributed by atoms with Crippen LogP contribution in [0.5, 0.6) is 0 Å². The largest absolute Gasteiger partial charge is 0.296 e. The monoisotopic (exact) mass is 235 g/mol. The summed E-state index contributed by atoms with van der Waals surface area (Å²) in [6.45, 7) is 6.71. The summed E-state index contributed by atoms with van der Waals surface area (Å²) in [5.41, 5.74) is 3.92. The SMILES string of the molecule is CC(C)(C(NN)c1cncnc1)N1CCCC1. The predicted molar refractivity (Wildman–Crippen MR) is 67.0 cm³/mol. The van der Waals surface area contributed by atoms with Gasteiger partial charge < -0.3 is 0 Å². The highest BCUT2D eigenvalue weighted by Crippen LogP contribution is 2.32. The molecule has 1 unspecified atom stereocenters. The van der Waals surface area contributed by atoms with Gasteiger partial charge in [0.15, 0.2) is 0 Å². The molecule has 1 aliphatic rings. The molecule has 3 N–H and O–H groups in total. The van der Waals surface area contributed by atoms with Crippen molar-refractivity contribution in [3.63, 3.8) is 0 Å². The summed E-state index contributed by atoms with van der Waals surface area (Å²) in [7, 11) is 0. The molecule has 0 amide bonds. The van der Waals surface area contributed by atoms with Crippen LogP contribution in [-0.4, -0.2) is 33.5 Å². The second kappa shape index (κ2) is 5.08. The number of nitrogens with two attached hydrogens (primary N) is 1. The van der Waals surface area contributed by atoms with Gasteiger partial charge in [-0.25, -0.2) is 9.97 Å². The number of hydrazine groups is 1. The minimum Gasteiger partial charge on any atom is -0.296 e. The fourth-order valence-electron chi connectivity index (χ4n) is 2.64. The molecule has 0 saturated carbocycles. The number of hydrogen-bond acceptors (Lipinski definition) is 5. The van der Waals surface area contributed by atoms with E-state index in [1.807, 2.05) is 12.4 Å². The van der Waals surface area contributed by atoms with Crippen molar-refractivity contribution in [3.05, 3.63) is 24.3 Å². The molecule has 5 nitrogen and oxygen atoms in total. The van der Waals surface area contributed by atoms with Crippen molar-refractivity contribution in [2.45, 2.75) is 38.3 Å². The Bertz CT molecular complexity index is 345. The molecule has 2 rings (SSSR count). The first-order chi connectivity index (χ1) is 8.16. The summed E-state index contributed by atoms with van der Waals surface area (Å²) >= 11 is 0. The Labute approximate surface area is 102 Å². The third-order valence-electron chi connectivity index (χ3n) is 3.71. The van der Waals surface area contributed by atoms with Crippen LogP contribution >= 0.6 is 0 Å². The third kappa shape index (κ3) is 2.46. The third-order valence-corrected chi connectivity index (χ3v) is 3.71. The first-order valence-corrected chi connectivity index (χ1v) is 6.12. The molecule has 5 heteroatoms. The lowest BCUT2D eigenvalue weighted by Crippen LogP contribution is -2.53. The van der Waals surface area contributed by atoms with E-state index in [9.17, 15) is 0 Å². The highest BCUT2D eigenvalue weighted by Gasteiger charge is 2.37. The van der Waals surface area contributed by atoms with Gasteiger partial charge in [0.05, 0.1) is 6.04 Å². The molecule has 0 bridgehead atoms. The first kappa shape index (κ1) is 12.4. The molecular weight excluding hydrogens is 214 g/mol. The lowest BCUT2D eigenvalue weighted by Gasteiger charge is -2.41. The van der Waals surface area contributed by atoms with E-state index in [2.05, 4.69) is 34.1 Å².